The zero-order chi connectivity index (χ0) is 15.2. The van der Waals surface area contributed by atoms with Gasteiger partial charge in [-0.25, -0.2) is 5.43 Å². The zero-order valence-corrected chi connectivity index (χ0v) is 12.5. The van der Waals surface area contributed by atoms with Crippen LogP contribution in [0, 0.1) is 0 Å². The number of nitrogens with zero attached hydrogens (tertiary/aromatic N) is 1. The van der Waals surface area contributed by atoms with Gasteiger partial charge < -0.3 is 4.74 Å². The van der Waals surface area contributed by atoms with E-state index in [1.807, 2.05) is 31.2 Å². The van der Waals surface area contributed by atoms with Crippen molar-refractivity contribution < 1.29 is 9.53 Å². The molecule has 21 heavy (non-hydrogen) atoms. The van der Waals surface area contributed by atoms with Crippen molar-refractivity contribution >= 4 is 23.2 Å². The van der Waals surface area contributed by atoms with Crippen LogP contribution in [0.25, 0.3) is 0 Å². The van der Waals surface area contributed by atoms with Crippen molar-refractivity contribution in [1.29, 1.82) is 0 Å². The number of nitrogens with one attached hydrogen (secondary N) is 1. The summed E-state index contributed by atoms with van der Waals surface area (Å²) in [4.78, 5) is 12.0. The first-order chi connectivity index (χ1) is 10.1. The molecule has 0 fully saturated rings. The van der Waals surface area contributed by atoms with Crippen LogP contribution in [0.2, 0.25) is 5.02 Å². The van der Waals surface area contributed by atoms with Crippen LogP contribution in [0.5, 0.6) is 5.75 Å². The van der Waals surface area contributed by atoms with Gasteiger partial charge in [-0.3, -0.25) is 4.79 Å². The van der Waals surface area contributed by atoms with Crippen LogP contribution < -0.4 is 10.2 Å². The second-order valence-electron chi connectivity index (χ2n) is 4.38. The topological polar surface area (TPSA) is 50.7 Å². The summed E-state index contributed by atoms with van der Waals surface area (Å²) in [5.41, 5.74) is 4.53. The highest BCUT2D eigenvalue weighted by Crippen LogP contribution is 2.13. The number of hydrazone groups is 1. The molecule has 0 spiro atoms. The Hall–Kier alpha value is -2.33. The molecule has 0 radical (unpaired) electrons. The summed E-state index contributed by atoms with van der Waals surface area (Å²) in [5, 5.41) is 4.60. The second-order valence-corrected chi connectivity index (χ2v) is 4.82. The standard InChI is InChI=1S/C16H15ClN2O2/c1-11(12-5-4-8-15(10-12)21-2)18-19-16(20)13-6-3-7-14(17)9-13/h3-10H,1-2H3,(H,19,20)/b18-11-. The van der Waals surface area contributed by atoms with Gasteiger partial charge in [-0.15, -0.1) is 0 Å². The van der Waals surface area contributed by atoms with Crippen LogP contribution in [0.15, 0.2) is 53.6 Å². The molecule has 108 valence electrons. The SMILES string of the molecule is COc1cccc(/C(C)=N\NC(=O)c2cccc(Cl)c2)c1. The average molecular weight is 303 g/mol. The quantitative estimate of drug-likeness (QED) is 0.694. The van der Waals surface area contributed by atoms with E-state index in [9.17, 15) is 4.79 Å². The van der Waals surface area contributed by atoms with Gasteiger partial charge in [-0.05, 0) is 37.3 Å². The lowest BCUT2D eigenvalue weighted by atomic mass is 10.1. The number of rotatable bonds is 4. The molecule has 0 atom stereocenters. The first-order valence-electron chi connectivity index (χ1n) is 6.35. The fourth-order valence-corrected chi connectivity index (χ4v) is 1.93. The molecule has 1 N–H and O–H groups in total. The van der Waals surface area contributed by atoms with Crippen LogP contribution in [0.4, 0.5) is 0 Å². The van der Waals surface area contributed by atoms with Gasteiger partial charge in [-0.2, -0.15) is 5.10 Å². The van der Waals surface area contributed by atoms with Crippen molar-refractivity contribution in [1.82, 2.24) is 5.43 Å². The lowest BCUT2D eigenvalue weighted by Gasteiger charge is -2.05. The largest absolute Gasteiger partial charge is 0.497 e. The highest BCUT2D eigenvalue weighted by molar-refractivity contribution is 6.30. The molecule has 2 aromatic rings. The van der Waals surface area contributed by atoms with Crippen LogP contribution >= 0.6 is 11.6 Å². The molecule has 5 heteroatoms. The summed E-state index contributed by atoms with van der Waals surface area (Å²) in [6.45, 7) is 1.81. The lowest BCUT2D eigenvalue weighted by Crippen LogP contribution is -2.19. The van der Waals surface area contributed by atoms with Gasteiger partial charge in [0.15, 0.2) is 0 Å². The van der Waals surface area contributed by atoms with E-state index < -0.39 is 0 Å². The molecule has 0 aliphatic rings. The predicted molar refractivity (Wildman–Crippen MR) is 84.1 cm³/mol. The minimum atomic E-state index is -0.306. The molecule has 4 nitrogen and oxygen atoms in total. The fourth-order valence-electron chi connectivity index (χ4n) is 1.74. The van der Waals surface area contributed by atoms with E-state index in [4.69, 9.17) is 16.3 Å². The Morgan fingerprint density at radius 3 is 2.57 bits per heavy atom. The molecule has 0 saturated heterocycles. The Labute approximate surface area is 128 Å². The van der Waals surface area contributed by atoms with E-state index in [-0.39, 0.29) is 5.91 Å². The highest BCUT2D eigenvalue weighted by Gasteiger charge is 2.05. The molecule has 1 amide bonds. The van der Waals surface area contributed by atoms with Gasteiger partial charge in [0, 0.05) is 16.1 Å². The van der Waals surface area contributed by atoms with Crippen molar-refractivity contribution in [3.63, 3.8) is 0 Å². The van der Waals surface area contributed by atoms with Crippen LogP contribution in [0.3, 0.4) is 0 Å². The molecule has 0 saturated carbocycles. The Balaban J connectivity index is 2.11. The summed E-state index contributed by atoms with van der Waals surface area (Å²) in [6, 6.07) is 14.2. The van der Waals surface area contributed by atoms with E-state index >= 15 is 0 Å². The molecular formula is C16H15ClN2O2. The molecular weight excluding hydrogens is 288 g/mol. The maximum atomic E-state index is 12.0. The first-order valence-corrected chi connectivity index (χ1v) is 6.72. The van der Waals surface area contributed by atoms with Gasteiger partial charge >= 0.3 is 0 Å². The van der Waals surface area contributed by atoms with Crippen molar-refractivity contribution in [3.05, 3.63) is 64.7 Å². The van der Waals surface area contributed by atoms with Crippen LogP contribution in [-0.4, -0.2) is 18.7 Å². The second kappa shape index (κ2) is 6.90. The average Bonchev–Trinajstić information content (AvgIpc) is 2.52. The number of halogens is 1. The Morgan fingerprint density at radius 2 is 1.86 bits per heavy atom. The van der Waals surface area contributed by atoms with Gasteiger partial charge in [0.1, 0.15) is 5.75 Å². The molecule has 0 aliphatic heterocycles. The van der Waals surface area contributed by atoms with Crippen molar-refractivity contribution in [2.24, 2.45) is 5.10 Å². The number of ether oxygens (including phenoxy) is 1. The number of methoxy groups -OCH3 is 1. The summed E-state index contributed by atoms with van der Waals surface area (Å²) in [6.07, 6.45) is 0. The molecule has 0 aliphatic carbocycles. The molecule has 2 aromatic carbocycles. The fraction of sp³-hybridized carbons (Fsp3) is 0.125. The first kappa shape index (κ1) is 15.1. The molecule has 0 heterocycles. The van der Waals surface area contributed by atoms with Gasteiger partial charge in [0.25, 0.3) is 5.91 Å². The van der Waals surface area contributed by atoms with Crippen molar-refractivity contribution in [2.45, 2.75) is 6.92 Å². The molecule has 2 rings (SSSR count). The Morgan fingerprint density at radius 1 is 1.14 bits per heavy atom. The summed E-state index contributed by atoms with van der Waals surface area (Å²) >= 11 is 5.85. The third-order valence-corrected chi connectivity index (χ3v) is 3.13. The maximum absolute atomic E-state index is 12.0. The zero-order valence-electron chi connectivity index (χ0n) is 11.8. The predicted octanol–water partition coefficient (Wildman–Crippen LogP) is 3.50. The monoisotopic (exact) mass is 302 g/mol. The molecule has 0 bridgehead atoms. The molecule has 0 unspecified atom stereocenters. The highest BCUT2D eigenvalue weighted by atomic mass is 35.5. The van der Waals surface area contributed by atoms with E-state index in [0.29, 0.717) is 16.3 Å². The van der Waals surface area contributed by atoms with Gasteiger partial charge in [0.2, 0.25) is 0 Å². The Kier molecular flexibility index (Phi) is 4.95. The van der Waals surface area contributed by atoms with Gasteiger partial charge in [0.05, 0.1) is 12.8 Å². The summed E-state index contributed by atoms with van der Waals surface area (Å²) in [7, 11) is 1.60. The smallest absolute Gasteiger partial charge is 0.271 e. The minimum Gasteiger partial charge on any atom is -0.497 e. The molecule has 0 aromatic heterocycles. The summed E-state index contributed by atoms with van der Waals surface area (Å²) < 4.78 is 5.16. The number of hydrogen-bond donors (Lipinski definition) is 1. The summed E-state index contributed by atoms with van der Waals surface area (Å²) in [5.74, 6) is 0.433. The van der Waals surface area contributed by atoms with E-state index in [2.05, 4.69) is 10.5 Å². The third kappa shape index (κ3) is 4.07. The van der Waals surface area contributed by atoms with Crippen LogP contribution in [0.1, 0.15) is 22.8 Å². The van der Waals surface area contributed by atoms with E-state index in [1.54, 1.807) is 31.4 Å². The van der Waals surface area contributed by atoms with Crippen molar-refractivity contribution in [3.8, 4) is 5.75 Å². The number of benzene rings is 2. The number of carbonyl (C=O) groups excluding carboxylic acids is 1. The van der Waals surface area contributed by atoms with Crippen LogP contribution in [-0.2, 0) is 0 Å². The Bertz CT molecular complexity index is 683. The van der Waals surface area contributed by atoms with Crippen molar-refractivity contribution in [2.75, 3.05) is 7.11 Å². The normalized spacial score (nSPS) is 11.1. The number of amides is 1. The van der Waals surface area contributed by atoms with E-state index in [0.717, 1.165) is 11.3 Å². The lowest BCUT2D eigenvalue weighted by molar-refractivity contribution is 0.0955. The number of carbonyl (C=O) groups is 1. The third-order valence-electron chi connectivity index (χ3n) is 2.90. The minimum absolute atomic E-state index is 0.306. The van der Waals surface area contributed by atoms with E-state index in [1.165, 1.54) is 0 Å². The maximum Gasteiger partial charge on any atom is 0.271 e. The number of hydrogen-bond acceptors (Lipinski definition) is 3. The van der Waals surface area contributed by atoms with Gasteiger partial charge in [-0.1, -0.05) is 29.8 Å².